The standard InChI is InChI=1S/C10H20O5/c1-10(2,3)15-9(12)4-5-13-6-7-14-8-11/h11H,4-8H2,1-3H3. The minimum absolute atomic E-state index is 0.233. The van der Waals surface area contributed by atoms with E-state index in [0.29, 0.717) is 19.8 Å². The molecule has 0 heterocycles. The Hall–Kier alpha value is -0.650. The Morgan fingerprint density at radius 1 is 1.13 bits per heavy atom. The van der Waals surface area contributed by atoms with Crippen LogP contribution in [0.15, 0.2) is 0 Å². The minimum atomic E-state index is -0.447. The van der Waals surface area contributed by atoms with Crippen LogP contribution in [0.1, 0.15) is 27.2 Å². The monoisotopic (exact) mass is 220 g/mol. The molecule has 1 N–H and O–H groups in total. The SMILES string of the molecule is CC(C)(C)OC(=O)CCOCCOCO. The van der Waals surface area contributed by atoms with Gasteiger partial charge in [0.25, 0.3) is 0 Å². The summed E-state index contributed by atoms with van der Waals surface area (Å²) >= 11 is 0. The molecular weight excluding hydrogens is 200 g/mol. The molecular formula is C10H20O5. The Morgan fingerprint density at radius 2 is 1.73 bits per heavy atom. The zero-order chi connectivity index (χ0) is 11.7. The lowest BCUT2D eigenvalue weighted by Crippen LogP contribution is -2.24. The molecule has 0 aliphatic rings. The molecule has 5 nitrogen and oxygen atoms in total. The maximum Gasteiger partial charge on any atom is 0.308 e. The van der Waals surface area contributed by atoms with E-state index in [9.17, 15) is 4.79 Å². The highest BCUT2D eigenvalue weighted by molar-refractivity contribution is 5.69. The smallest absolute Gasteiger partial charge is 0.308 e. The van der Waals surface area contributed by atoms with Gasteiger partial charge in [-0.2, -0.15) is 0 Å². The maximum absolute atomic E-state index is 11.2. The van der Waals surface area contributed by atoms with Gasteiger partial charge in [0, 0.05) is 0 Å². The summed E-state index contributed by atoms with van der Waals surface area (Å²) in [5.41, 5.74) is -0.447. The molecule has 0 aliphatic carbocycles. The zero-order valence-electron chi connectivity index (χ0n) is 9.62. The summed E-state index contributed by atoms with van der Waals surface area (Å²) in [6.07, 6.45) is 0.233. The number of ether oxygens (including phenoxy) is 3. The van der Waals surface area contributed by atoms with E-state index in [0.717, 1.165) is 0 Å². The van der Waals surface area contributed by atoms with Crippen LogP contribution in [0.3, 0.4) is 0 Å². The van der Waals surface area contributed by atoms with E-state index in [2.05, 4.69) is 4.74 Å². The highest BCUT2D eigenvalue weighted by Gasteiger charge is 2.15. The summed E-state index contributed by atoms with van der Waals surface area (Å²) in [6, 6.07) is 0. The molecule has 0 radical (unpaired) electrons. The number of hydrogen-bond acceptors (Lipinski definition) is 5. The van der Waals surface area contributed by atoms with E-state index in [4.69, 9.17) is 14.6 Å². The van der Waals surface area contributed by atoms with Gasteiger partial charge in [0.05, 0.1) is 26.2 Å². The van der Waals surface area contributed by atoms with Crippen molar-refractivity contribution in [2.45, 2.75) is 32.8 Å². The fourth-order valence-corrected chi connectivity index (χ4v) is 0.833. The van der Waals surface area contributed by atoms with E-state index < -0.39 is 5.60 Å². The molecule has 90 valence electrons. The Labute approximate surface area is 90.3 Å². The minimum Gasteiger partial charge on any atom is -0.460 e. The van der Waals surface area contributed by atoms with Crippen molar-refractivity contribution >= 4 is 5.97 Å². The molecule has 0 amide bonds. The molecule has 0 aromatic rings. The van der Waals surface area contributed by atoms with Gasteiger partial charge in [-0.1, -0.05) is 0 Å². The molecule has 0 atom stereocenters. The first kappa shape index (κ1) is 14.3. The topological polar surface area (TPSA) is 65.0 Å². The first-order chi connectivity index (χ1) is 6.95. The molecule has 0 fully saturated rings. The van der Waals surface area contributed by atoms with Gasteiger partial charge < -0.3 is 19.3 Å². The largest absolute Gasteiger partial charge is 0.460 e. The van der Waals surface area contributed by atoms with Crippen LogP contribution >= 0.6 is 0 Å². The van der Waals surface area contributed by atoms with Crippen LogP contribution in [0.25, 0.3) is 0 Å². The van der Waals surface area contributed by atoms with Gasteiger partial charge in [0.1, 0.15) is 12.4 Å². The Balaban J connectivity index is 3.32. The number of carbonyl (C=O) groups excluding carboxylic acids is 1. The molecule has 5 heteroatoms. The van der Waals surface area contributed by atoms with Crippen LogP contribution in [0.5, 0.6) is 0 Å². The van der Waals surface area contributed by atoms with Crippen molar-refractivity contribution in [3.63, 3.8) is 0 Å². The third kappa shape index (κ3) is 11.3. The van der Waals surface area contributed by atoms with E-state index in [1.165, 1.54) is 0 Å². The maximum atomic E-state index is 11.2. The van der Waals surface area contributed by atoms with E-state index in [-0.39, 0.29) is 19.2 Å². The second kappa shape index (κ2) is 7.62. The van der Waals surface area contributed by atoms with Gasteiger partial charge in [-0.05, 0) is 20.8 Å². The van der Waals surface area contributed by atoms with E-state index in [1.807, 2.05) is 20.8 Å². The van der Waals surface area contributed by atoms with E-state index in [1.54, 1.807) is 0 Å². The lowest BCUT2D eigenvalue weighted by atomic mass is 10.2. The predicted molar refractivity (Wildman–Crippen MR) is 54.3 cm³/mol. The highest BCUT2D eigenvalue weighted by Crippen LogP contribution is 2.07. The van der Waals surface area contributed by atoms with Crippen molar-refractivity contribution in [2.75, 3.05) is 26.6 Å². The fourth-order valence-electron chi connectivity index (χ4n) is 0.833. The van der Waals surface area contributed by atoms with Gasteiger partial charge in [-0.3, -0.25) is 4.79 Å². The number of aliphatic hydroxyl groups is 1. The van der Waals surface area contributed by atoms with Crippen LogP contribution in [0, 0.1) is 0 Å². The Kier molecular flexibility index (Phi) is 7.29. The summed E-state index contributed by atoms with van der Waals surface area (Å²) in [7, 11) is 0. The summed E-state index contributed by atoms with van der Waals surface area (Å²) in [5.74, 6) is -0.273. The second-order valence-corrected chi connectivity index (χ2v) is 3.99. The van der Waals surface area contributed by atoms with Crippen molar-refractivity contribution in [1.82, 2.24) is 0 Å². The van der Waals surface area contributed by atoms with Crippen LogP contribution in [-0.4, -0.2) is 43.3 Å². The molecule has 0 spiro atoms. The van der Waals surface area contributed by atoms with Crippen LogP contribution in [0.2, 0.25) is 0 Å². The van der Waals surface area contributed by atoms with Crippen molar-refractivity contribution in [2.24, 2.45) is 0 Å². The predicted octanol–water partition coefficient (Wildman–Crippen LogP) is 0.701. The normalized spacial score (nSPS) is 11.5. The molecule has 0 aliphatic heterocycles. The van der Waals surface area contributed by atoms with Crippen molar-refractivity contribution < 1.29 is 24.1 Å². The van der Waals surface area contributed by atoms with Gasteiger partial charge in [0.15, 0.2) is 0 Å². The fraction of sp³-hybridized carbons (Fsp3) is 0.900. The molecule has 15 heavy (non-hydrogen) atoms. The zero-order valence-corrected chi connectivity index (χ0v) is 9.62. The van der Waals surface area contributed by atoms with Gasteiger partial charge in [-0.25, -0.2) is 0 Å². The number of hydrogen-bond donors (Lipinski definition) is 1. The number of esters is 1. The molecule has 0 aromatic carbocycles. The third-order valence-corrected chi connectivity index (χ3v) is 1.33. The molecule has 0 aromatic heterocycles. The van der Waals surface area contributed by atoms with Crippen molar-refractivity contribution in [3.8, 4) is 0 Å². The molecule has 0 bridgehead atoms. The van der Waals surface area contributed by atoms with Crippen LogP contribution in [-0.2, 0) is 19.0 Å². The van der Waals surface area contributed by atoms with Crippen molar-refractivity contribution in [1.29, 1.82) is 0 Å². The highest BCUT2D eigenvalue weighted by atomic mass is 16.6. The lowest BCUT2D eigenvalue weighted by molar-refractivity contribution is -0.156. The number of carbonyl (C=O) groups is 1. The number of aliphatic hydroxyl groups excluding tert-OH is 1. The van der Waals surface area contributed by atoms with E-state index >= 15 is 0 Å². The average molecular weight is 220 g/mol. The quantitative estimate of drug-likeness (QED) is 0.389. The molecule has 0 saturated carbocycles. The molecule has 0 saturated heterocycles. The molecule has 0 unspecified atom stereocenters. The van der Waals surface area contributed by atoms with Gasteiger partial charge in [0.2, 0.25) is 0 Å². The summed E-state index contributed by atoms with van der Waals surface area (Å²) < 4.78 is 14.8. The van der Waals surface area contributed by atoms with Crippen molar-refractivity contribution in [3.05, 3.63) is 0 Å². The van der Waals surface area contributed by atoms with Crippen LogP contribution in [0.4, 0.5) is 0 Å². The molecule has 0 rings (SSSR count). The average Bonchev–Trinajstić information content (AvgIpc) is 2.08. The summed E-state index contributed by atoms with van der Waals surface area (Å²) in [5, 5.41) is 8.29. The third-order valence-electron chi connectivity index (χ3n) is 1.33. The van der Waals surface area contributed by atoms with Crippen LogP contribution < -0.4 is 0 Å². The Bertz CT molecular complexity index is 173. The van der Waals surface area contributed by atoms with Gasteiger partial charge in [-0.15, -0.1) is 0 Å². The Morgan fingerprint density at radius 3 is 2.27 bits per heavy atom. The summed E-state index contributed by atoms with van der Waals surface area (Å²) in [6.45, 7) is 6.15. The first-order valence-electron chi connectivity index (χ1n) is 4.94. The second-order valence-electron chi connectivity index (χ2n) is 3.99. The lowest BCUT2D eigenvalue weighted by Gasteiger charge is -2.19. The first-order valence-corrected chi connectivity index (χ1v) is 4.94. The van der Waals surface area contributed by atoms with Gasteiger partial charge >= 0.3 is 5.97 Å². The summed E-state index contributed by atoms with van der Waals surface area (Å²) in [4.78, 5) is 11.2. The number of rotatable bonds is 7.